The van der Waals surface area contributed by atoms with Crippen molar-refractivity contribution in [3.63, 3.8) is 0 Å². The molecule has 1 heterocycles. The lowest BCUT2D eigenvalue weighted by molar-refractivity contribution is -0.0296. The molecule has 2 N–H and O–H groups in total. The lowest BCUT2D eigenvalue weighted by Crippen LogP contribution is -2.38. The molecule has 1 aliphatic heterocycles. The van der Waals surface area contributed by atoms with Crippen molar-refractivity contribution in [3.8, 4) is 0 Å². The van der Waals surface area contributed by atoms with Crippen LogP contribution in [0.5, 0.6) is 0 Å². The first-order valence-corrected chi connectivity index (χ1v) is 5.15. The first kappa shape index (κ1) is 10.0. The predicted octanol–water partition coefficient (Wildman–Crippen LogP) is 1.93. The van der Waals surface area contributed by atoms with Gasteiger partial charge >= 0.3 is 0 Å². The topological polar surface area (TPSA) is 35.2 Å². The van der Waals surface area contributed by atoms with E-state index in [0.717, 1.165) is 25.4 Å². The second kappa shape index (κ2) is 4.83. The van der Waals surface area contributed by atoms with Crippen LogP contribution in [-0.4, -0.2) is 18.8 Å². The van der Waals surface area contributed by atoms with Crippen molar-refractivity contribution >= 4 is 0 Å². The van der Waals surface area contributed by atoms with Crippen molar-refractivity contribution in [1.82, 2.24) is 0 Å². The third kappa shape index (κ3) is 2.46. The summed E-state index contributed by atoms with van der Waals surface area (Å²) in [4.78, 5) is 0. The molecule has 0 saturated carbocycles. The quantitative estimate of drug-likeness (QED) is 0.704. The van der Waals surface area contributed by atoms with E-state index < -0.39 is 0 Å². The normalized spacial score (nSPS) is 31.0. The highest BCUT2D eigenvalue weighted by Gasteiger charge is 2.25. The number of nitrogens with two attached hydrogens (primary N) is 1. The highest BCUT2D eigenvalue weighted by atomic mass is 16.5. The second-order valence-electron chi connectivity index (χ2n) is 3.77. The van der Waals surface area contributed by atoms with Crippen molar-refractivity contribution in [2.75, 3.05) is 6.61 Å². The minimum absolute atomic E-state index is 0.379. The van der Waals surface area contributed by atoms with Gasteiger partial charge in [0.05, 0.1) is 6.10 Å². The Kier molecular flexibility index (Phi) is 4.02. The van der Waals surface area contributed by atoms with E-state index in [1.807, 2.05) is 0 Å². The minimum Gasteiger partial charge on any atom is -0.378 e. The van der Waals surface area contributed by atoms with Gasteiger partial charge in [-0.3, -0.25) is 0 Å². The van der Waals surface area contributed by atoms with E-state index in [0.29, 0.717) is 12.1 Å². The van der Waals surface area contributed by atoms with E-state index in [-0.39, 0.29) is 0 Å². The molecule has 0 unspecified atom stereocenters. The Bertz CT molecular complexity index is 123. The molecule has 0 bridgehead atoms. The molecule has 0 aliphatic carbocycles. The monoisotopic (exact) mass is 171 g/mol. The molecule has 0 amide bonds. The number of rotatable bonds is 3. The summed E-state index contributed by atoms with van der Waals surface area (Å²) in [5.41, 5.74) is 5.89. The number of hydrogen-bond donors (Lipinski definition) is 1. The van der Waals surface area contributed by atoms with Crippen molar-refractivity contribution < 1.29 is 4.74 Å². The Morgan fingerprint density at radius 3 is 2.58 bits per heavy atom. The Labute approximate surface area is 75.5 Å². The fraction of sp³-hybridized carbons (Fsp3) is 1.00. The Hall–Kier alpha value is -0.0800. The van der Waals surface area contributed by atoms with Crippen LogP contribution in [-0.2, 0) is 4.74 Å². The third-order valence-corrected chi connectivity index (χ3v) is 2.93. The zero-order valence-corrected chi connectivity index (χ0v) is 8.25. The van der Waals surface area contributed by atoms with E-state index in [4.69, 9.17) is 10.5 Å². The molecular weight excluding hydrogens is 150 g/mol. The first-order chi connectivity index (χ1) is 5.77. The van der Waals surface area contributed by atoms with Gasteiger partial charge in [-0.05, 0) is 18.8 Å². The van der Waals surface area contributed by atoms with Crippen LogP contribution < -0.4 is 5.73 Å². The van der Waals surface area contributed by atoms with Crippen LogP contribution in [0.15, 0.2) is 0 Å². The molecule has 12 heavy (non-hydrogen) atoms. The summed E-state index contributed by atoms with van der Waals surface area (Å²) in [6.07, 6.45) is 4.97. The molecule has 0 spiro atoms. The van der Waals surface area contributed by atoms with E-state index in [2.05, 4.69) is 13.8 Å². The third-order valence-electron chi connectivity index (χ3n) is 2.93. The first-order valence-electron chi connectivity index (χ1n) is 5.15. The SMILES string of the molecule is CCC(CC)[C@H]1C[C@H](N)CCO1. The average molecular weight is 171 g/mol. The molecule has 1 saturated heterocycles. The Morgan fingerprint density at radius 1 is 1.42 bits per heavy atom. The van der Waals surface area contributed by atoms with E-state index >= 15 is 0 Å². The molecule has 2 atom stereocenters. The molecule has 0 aromatic rings. The number of hydrogen-bond acceptors (Lipinski definition) is 2. The summed E-state index contributed by atoms with van der Waals surface area (Å²) in [5.74, 6) is 0.719. The van der Waals surface area contributed by atoms with E-state index in [1.165, 1.54) is 12.8 Å². The maximum Gasteiger partial charge on any atom is 0.0617 e. The Balaban J connectivity index is 2.38. The van der Waals surface area contributed by atoms with Crippen molar-refractivity contribution in [2.45, 2.75) is 51.7 Å². The maximum atomic E-state index is 5.89. The zero-order valence-electron chi connectivity index (χ0n) is 8.25. The summed E-state index contributed by atoms with van der Waals surface area (Å²) < 4.78 is 5.71. The minimum atomic E-state index is 0.379. The molecule has 0 radical (unpaired) electrons. The Morgan fingerprint density at radius 2 is 2.08 bits per heavy atom. The fourth-order valence-electron chi connectivity index (χ4n) is 2.00. The van der Waals surface area contributed by atoms with Gasteiger partial charge in [0.2, 0.25) is 0 Å². The van der Waals surface area contributed by atoms with Crippen LogP contribution in [0.25, 0.3) is 0 Å². The molecule has 2 nitrogen and oxygen atoms in total. The molecule has 0 aromatic carbocycles. The van der Waals surface area contributed by atoms with Crippen LogP contribution in [0.3, 0.4) is 0 Å². The lowest BCUT2D eigenvalue weighted by atomic mass is 9.90. The van der Waals surface area contributed by atoms with Crippen LogP contribution >= 0.6 is 0 Å². The molecule has 0 aromatic heterocycles. The van der Waals surface area contributed by atoms with Crippen LogP contribution in [0.4, 0.5) is 0 Å². The molecule has 2 heteroatoms. The van der Waals surface area contributed by atoms with Gasteiger partial charge in [0, 0.05) is 12.6 Å². The van der Waals surface area contributed by atoms with Gasteiger partial charge in [0.25, 0.3) is 0 Å². The highest BCUT2D eigenvalue weighted by Crippen LogP contribution is 2.24. The van der Waals surface area contributed by atoms with Gasteiger partial charge in [0.1, 0.15) is 0 Å². The molecule has 1 rings (SSSR count). The van der Waals surface area contributed by atoms with Gasteiger partial charge in [-0.15, -0.1) is 0 Å². The molecule has 1 aliphatic rings. The van der Waals surface area contributed by atoms with E-state index in [9.17, 15) is 0 Å². The van der Waals surface area contributed by atoms with Crippen LogP contribution in [0, 0.1) is 5.92 Å². The smallest absolute Gasteiger partial charge is 0.0617 e. The van der Waals surface area contributed by atoms with Crippen molar-refractivity contribution in [1.29, 1.82) is 0 Å². The predicted molar refractivity (Wildman–Crippen MR) is 51.0 cm³/mol. The van der Waals surface area contributed by atoms with Crippen molar-refractivity contribution in [2.24, 2.45) is 11.7 Å². The van der Waals surface area contributed by atoms with Gasteiger partial charge < -0.3 is 10.5 Å². The van der Waals surface area contributed by atoms with Gasteiger partial charge in [-0.25, -0.2) is 0 Å². The van der Waals surface area contributed by atoms with E-state index in [1.54, 1.807) is 0 Å². The maximum absolute atomic E-state index is 5.89. The van der Waals surface area contributed by atoms with Crippen molar-refractivity contribution in [3.05, 3.63) is 0 Å². The van der Waals surface area contributed by atoms with Crippen LogP contribution in [0.1, 0.15) is 39.5 Å². The molecule has 1 fully saturated rings. The fourth-order valence-corrected chi connectivity index (χ4v) is 2.00. The number of ether oxygens (including phenoxy) is 1. The summed E-state index contributed by atoms with van der Waals surface area (Å²) in [5, 5.41) is 0. The second-order valence-corrected chi connectivity index (χ2v) is 3.77. The summed E-state index contributed by atoms with van der Waals surface area (Å²) in [6.45, 7) is 5.33. The van der Waals surface area contributed by atoms with Crippen LogP contribution in [0.2, 0.25) is 0 Å². The molecular formula is C10H21NO. The summed E-state index contributed by atoms with van der Waals surface area (Å²) in [7, 11) is 0. The van der Waals surface area contributed by atoms with Gasteiger partial charge in [-0.2, -0.15) is 0 Å². The largest absolute Gasteiger partial charge is 0.378 e. The van der Waals surface area contributed by atoms with Gasteiger partial charge in [0.15, 0.2) is 0 Å². The zero-order chi connectivity index (χ0) is 8.97. The lowest BCUT2D eigenvalue weighted by Gasteiger charge is -2.32. The molecule has 72 valence electrons. The summed E-state index contributed by atoms with van der Waals surface area (Å²) >= 11 is 0. The average Bonchev–Trinajstić information content (AvgIpc) is 2.07. The highest BCUT2D eigenvalue weighted by molar-refractivity contribution is 4.78. The van der Waals surface area contributed by atoms with Gasteiger partial charge in [-0.1, -0.05) is 26.7 Å². The summed E-state index contributed by atoms with van der Waals surface area (Å²) in [6, 6.07) is 0.379. The standard InChI is InChI=1S/C10H21NO/c1-3-8(4-2)10-7-9(11)5-6-12-10/h8-10H,3-7,11H2,1-2H3/t9-,10-/m1/s1.